The number of aromatic hydroxyl groups is 1. The van der Waals surface area contributed by atoms with Gasteiger partial charge in [-0.3, -0.25) is 0 Å². The Kier molecular flexibility index (Phi) is 7.54. The first-order valence-electron chi connectivity index (χ1n) is 8.90. The van der Waals surface area contributed by atoms with Gasteiger partial charge in [-0.15, -0.1) is 0 Å². The van der Waals surface area contributed by atoms with E-state index < -0.39 is 5.60 Å². The molecule has 2 fully saturated rings. The number of halogens is 1. The van der Waals surface area contributed by atoms with Gasteiger partial charge in [0.2, 0.25) is 0 Å². The Morgan fingerprint density at radius 2 is 1.88 bits per heavy atom. The topological polar surface area (TPSA) is 61.7 Å². The predicted molar refractivity (Wildman–Crippen MR) is 100 cm³/mol. The Balaban J connectivity index is 0.000000174. The molecule has 3 rings (SSSR count). The summed E-state index contributed by atoms with van der Waals surface area (Å²) in [6, 6.07) is 4.95. The van der Waals surface area contributed by atoms with E-state index in [1.807, 2.05) is 0 Å². The van der Waals surface area contributed by atoms with E-state index in [1.54, 1.807) is 32.0 Å². The number of nitrogens with one attached hydrogen (secondary N) is 1. The minimum Gasteiger partial charge on any atom is -0.507 e. The summed E-state index contributed by atoms with van der Waals surface area (Å²) in [5.41, 5.74) is -0.0943. The molecule has 0 unspecified atom stereocenters. The maximum Gasteiger partial charge on any atom is 0.129 e. The van der Waals surface area contributed by atoms with Crippen LogP contribution in [-0.2, 0) is 10.3 Å². The fourth-order valence-electron chi connectivity index (χ4n) is 2.75. The molecule has 0 bridgehead atoms. The van der Waals surface area contributed by atoms with Gasteiger partial charge < -0.3 is 20.3 Å². The van der Waals surface area contributed by atoms with Crippen molar-refractivity contribution in [2.45, 2.75) is 57.7 Å². The van der Waals surface area contributed by atoms with Crippen LogP contribution in [0.2, 0.25) is 0 Å². The molecule has 0 radical (unpaired) electrons. The third kappa shape index (κ3) is 6.36. The van der Waals surface area contributed by atoms with Gasteiger partial charge in [0, 0.05) is 6.61 Å². The maximum atomic E-state index is 9.60. The zero-order valence-corrected chi connectivity index (χ0v) is 16.3. The SMILES string of the molecule is C1CC(OCC2CCNCC2)C1.CC(C)(O)c1ccc(O)c(Br)c1. The van der Waals surface area contributed by atoms with Gasteiger partial charge in [0.1, 0.15) is 5.75 Å². The fourth-order valence-corrected chi connectivity index (χ4v) is 3.12. The standard InChI is InChI=1S/C10H19NO.C9H11BrO2/c1-2-10(3-1)12-8-9-4-6-11-7-5-9;1-9(2,12)6-3-4-8(11)7(10)5-6/h9-11H,1-8H2;3-5,11-12H,1-2H3. The number of ether oxygens (including phenoxy) is 1. The summed E-state index contributed by atoms with van der Waals surface area (Å²) in [7, 11) is 0. The quantitative estimate of drug-likeness (QED) is 0.717. The first-order chi connectivity index (χ1) is 11.4. The van der Waals surface area contributed by atoms with Crippen LogP contribution in [0.1, 0.15) is 51.5 Å². The lowest BCUT2D eigenvalue weighted by Gasteiger charge is -2.29. The number of hydrogen-bond donors (Lipinski definition) is 3. The van der Waals surface area contributed by atoms with Crippen LogP contribution in [0, 0.1) is 5.92 Å². The first-order valence-corrected chi connectivity index (χ1v) is 9.69. The molecule has 0 spiro atoms. The van der Waals surface area contributed by atoms with Crippen molar-refractivity contribution in [3.8, 4) is 5.75 Å². The van der Waals surface area contributed by atoms with E-state index in [-0.39, 0.29) is 5.75 Å². The average Bonchev–Trinajstić information content (AvgIpc) is 2.49. The summed E-state index contributed by atoms with van der Waals surface area (Å²) in [4.78, 5) is 0. The van der Waals surface area contributed by atoms with E-state index in [0.29, 0.717) is 10.6 Å². The van der Waals surface area contributed by atoms with Crippen molar-refractivity contribution >= 4 is 15.9 Å². The Bertz CT molecular complexity index is 506. The van der Waals surface area contributed by atoms with Gasteiger partial charge in [0.25, 0.3) is 0 Å². The van der Waals surface area contributed by atoms with Crippen molar-refractivity contribution < 1.29 is 14.9 Å². The molecule has 1 heterocycles. The highest BCUT2D eigenvalue weighted by molar-refractivity contribution is 9.10. The van der Waals surface area contributed by atoms with Gasteiger partial charge in [0.05, 0.1) is 16.2 Å². The number of hydrogen-bond acceptors (Lipinski definition) is 4. The monoisotopic (exact) mass is 399 g/mol. The summed E-state index contributed by atoms with van der Waals surface area (Å²) in [6.45, 7) is 6.81. The summed E-state index contributed by atoms with van der Waals surface area (Å²) < 4.78 is 6.39. The largest absolute Gasteiger partial charge is 0.507 e. The second kappa shape index (κ2) is 9.18. The molecule has 5 heteroatoms. The van der Waals surface area contributed by atoms with Gasteiger partial charge in [-0.1, -0.05) is 6.07 Å². The molecule has 1 aromatic carbocycles. The van der Waals surface area contributed by atoms with Crippen LogP contribution >= 0.6 is 15.9 Å². The van der Waals surface area contributed by atoms with E-state index in [0.717, 1.165) is 18.1 Å². The molecule has 136 valence electrons. The van der Waals surface area contributed by atoms with Crippen LogP contribution in [0.4, 0.5) is 0 Å². The highest BCUT2D eigenvalue weighted by Gasteiger charge is 2.20. The third-order valence-corrected chi connectivity index (χ3v) is 5.37. The number of rotatable bonds is 4. The lowest BCUT2D eigenvalue weighted by molar-refractivity contribution is -0.0201. The van der Waals surface area contributed by atoms with Crippen LogP contribution in [0.3, 0.4) is 0 Å². The molecule has 1 saturated carbocycles. The lowest BCUT2D eigenvalue weighted by Crippen LogP contribution is -2.32. The second-order valence-electron chi connectivity index (χ2n) is 7.30. The van der Waals surface area contributed by atoms with Crippen LogP contribution in [0.15, 0.2) is 22.7 Å². The number of benzene rings is 1. The van der Waals surface area contributed by atoms with E-state index >= 15 is 0 Å². The van der Waals surface area contributed by atoms with E-state index in [9.17, 15) is 10.2 Å². The summed E-state index contributed by atoms with van der Waals surface area (Å²) >= 11 is 3.18. The average molecular weight is 400 g/mol. The van der Waals surface area contributed by atoms with Gasteiger partial charge in [0.15, 0.2) is 0 Å². The summed E-state index contributed by atoms with van der Waals surface area (Å²) in [6.07, 6.45) is 7.26. The van der Waals surface area contributed by atoms with Crippen molar-refractivity contribution in [1.29, 1.82) is 0 Å². The molecule has 1 saturated heterocycles. The molecule has 4 nitrogen and oxygen atoms in total. The molecular formula is C19H30BrNO3. The zero-order chi connectivity index (χ0) is 17.6. The highest BCUT2D eigenvalue weighted by Crippen LogP contribution is 2.29. The Labute approximate surface area is 153 Å². The minimum absolute atomic E-state index is 0.183. The van der Waals surface area contributed by atoms with Gasteiger partial charge in [-0.25, -0.2) is 0 Å². The van der Waals surface area contributed by atoms with Crippen molar-refractivity contribution in [2.75, 3.05) is 19.7 Å². The number of piperidine rings is 1. The lowest BCUT2D eigenvalue weighted by atomic mass is 9.95. The van der Waals surface area contributed by atoms with Crippen LogP contribution in [-0.4, -0.2) is 36.0 Å². The van der Waals surface area contributed by atoms with E-state index in [2.05, 4.69) is 21.2 Å². The first kappa shape index (κ1) is 19.7. The normalized spacial score (nSPS) is 19.3. The third-order valence-electron chi connectivity index (χ3n) is 4.73. The summed E-state index contributed by atoms with van der Waals surface area (Å²) in [5, 5.41) is 22.2. The maximum absolute atomic E-state index is 9.60. The molecule has 1 aliphatic carbocycles. The summed E-state index contributed by atoms with van der Waals surface area (Å²) in [5.74, 6) is 1.02. The number of phenols is 1. The molecule has 24 heavy (non-hydrogen) atoms. The van der Waals surface area contributed by atoms with Crippen LogP contribution in [0.25, 0.3) is 0 Å². The smallest absolute Gasteiger partial charge is 0.129 e. The van der Waals surface area contributed by atoms with Crippen LogP contribution in [0.5, 0.6) is 5.75 Å². The Hall–Kier alpha value is -0.620. The van der Waals surface area contributed by atoms with Crippen molar-refractivity contribution in [1.82, 2.24) is 5.32 Å². The Morgan fingerprint density at radius 1 is 1.21 bits per heavy atom. The van der Waals surface area contributed by atoms with Crippen molar-refractivity contribution in [2.24, 2.45) is 5.92 Å². The van der Waals surface area contributed by atoms with Gasteiger partial charge in [-0.2, -0.15) is 0 Å². The Morgan fingerprint density at radius 3 is 2.38 bits per heavy atom. The van der Waals surface area contributed by atoms with E-state index in [4.69, 9.17) is 4.74 Å². The second-order valence-corrected chi connectivity index (χ2v) is 8.16. The molecule has 1 aromatic rings. The fraction of sp³-hybridized carbons (Fsp3) is 0.684. The molecule has 0 atom stereocenters. The predicted octanol–water partition coefficient (Wildman–Crippen LogP) is 3.94. The number of phenolic OH excluding ortho intramolecular Hbond substituents is 1. The van der Waals surface area contributed by atoms with Gasteiger partial charge >= 0.3 is 0 Å². The molecule has 3 N–H and O–H groups in total. The number of aliphatic hydroxyl groups is 1. The zero-order valence-electron chi connectivity index (χ0n) is 14.7. The minimum atomic E-state index is -0.865. The van der Waals surface area contributed by atoms with E-state index in [1.165, 1.54) is 45.2 Å². The van der Waals surface area contributed by atoms with Gasteiger partial charge in [-0.05, 0) is 98.6 Å². The molecular weight excluding hydrogens is 370 g/mol. The van der Waals surface area contributed by atoms with Crippen molar-refractivity contribution in [3.05, 3.63) is 28.2 Å². The molecule has 1 aliphatic heterocycles. The molecule has 0 aromatic heterocycles. The molecule has 0 amide bonds. The van der Waals surface area contributed by atoms with Crippen LogP contribution < -0.4 is 5.32 Å². The highest BCUT2D eigenvalue weighted by atomic mass is 79.9. The van der Waals surface area contributed by atoms with Crippen molar-refractivity contribution in [3.63, 3.8) is 0 Å². The molecule has 2 aliphatic rings.